The van der Waals surface area contributed by atoms with E-state index in [4.69, 9.17) is 4.74 Å². The van der Waals surface area contributed by atoms with Crippen molar-refractivity contribution in [3.8, 4) is 11.5 Å². The summed E-state index contributed by atoms with van der Waals surface area (Å²) >= 11 is 0. The van der Waals surface area contributed by atoms with E-state index in [1.54, 1.807) is 31.3 Å². The van der Waals surface area contributed by atoms with Crippen molar-refractivity contribution in [2.45, 2.75) is 0 Å². The summed E-state index contributed by atoms with van der Waals surface area (Å²) in [7, 11) is 5.48. The van der Waals surface area contributed by atoms with Crippen LogP contribution in [0.25, 0.3) is 0 Å². The molecule has 6 heteroatoms. The fraction of sp³-hybridized carbons (Fsp3) is 0.200. The van der Waals surface area contributed by atoms with Gasteiger partial charge in [-0.15, -0.1) is 0 Å². The number of nitrogens with one attached hydrogen (secondary N) is 1. The number of ether oxygens (including phenoxy) is 1. The summed E-state index contributed by atoms with van der Waals surface area (Å²) in [6, 6.07) is 12.3. The van der Waals surface area contributed by atoms with Crippen LogP contribution in [0, 0.1) is 10.1 Å². The van der Waals surface area contributed by atoms with E-state index in [1.165, 1.54) is 0 Å². The van der Waals surface area contributed by atoms with Gasteiger partial charge < -0.3 is 15.0 Å². The largest absolute Gasteiger partial charge is 0.450 e. The van der Waals surface area contributed by atoms with Crippen LogP contribution in [0.3, 0.4) is 0 Å². The SMILES string of the molecule is CNc1cccc(Oc2cccc(N(C)C)c2)c1[N+](=O)[O-]. The fourth-order valence-electron chi connectivity index (χ4n) is 1.95. The Hall–Kier alpha value is -2.76. The van der Waals surface area contributed by atoms with E-state index in [0.29, 0.717) is 11.4 Å². The summed E-state index contributed by atoms with van der Waals surface area (Å²) in [5.41, 5.74) is 1.30. The molecule has 2 rings (SSSR count). The average molecular weight is 287 g/mol. The molecule has 0 radical (unpaired) electrons. The predicted octanol–water partition coefficient (Wildman–Crippen LogP) is 3.49. The molecule has 0 saturated carbocycles. The van der Waals surface area contributed by atoms with Gasteiger partial charge in [0.1, 0.15) is 11.4 Å². The molecule has 0 saturated heterocycles. The zero-order chi connectivity index (χ0) is 15.4. The zero-order valence-electron chi connectivity index (χ0n) is 12.2. The van der Waals surface area contributed by atoms with Crippen LogP contribution in [-0.2, 0) is 0 Å². The highest BCUT2D eigenvalue weighted by Crippen LogP contribution is 2.37. The molecule has 0 fully saturated rings. The Morgan fingerprint density at radius 3 is 2.52 bits per heavy atom. The van der Waals surface area contributed by atoms with Gasteiger partial charge in [-0.25, -0.2) is 0 Å². The first-order chi connectivity index (χ1) is 10.0. The molecule has 0 bridgehead atoms. The van der Waals surface area contributed by atoms with Crippen LogP contribution in [0.2, 0.25) is 0 Å². The highest BCUT2D eigenvalue weighted by atomic mass is 16.6. The molecule has 1 N–H and O–H groups in total. The van der Waals surface area contributed by atoms with Gasteiger partial charge in [-0.05, 0) is 24.3 Å². The van der Waals surface area contributed by atoms with E-state index < -0.39 is 4.92 Å². The maximum absolute atomic E-state index is 11.2. The van der Waals surface area contributed by atoms with Crippen LogP contribution in [0.15, 0.2) is 42.5 Å². The van der Waals surface area contributed by atoms with Crippen LogP contribution in [-0.4, -0.2) is 26.1 Å². The predicted molar refractivity (Wildman–Crippen MR) is 83.5 cm³/mol. The second-order valence-corrected chi connectivity index (χ2v) is 4.65. The third kappa shape index (κ3) is 3.22. The maximum atomic E-state index is 11.2. The Morgan fingerprint density at radius 1 is 1.19 bits per heavy atom. The Labute approximate surface area is 123 Å². The molecule has 0 aliphatic heterocycles. The standard InChI is InChI=1S/C15H17N3O3/c1-16-13-8-5-9-14(15(13)18(19)20)21-12-7-4-6-11(10-12)17(2)3/h4-10,16H,1-3H3. The number of rotatable bonds is 5. The van der Waals surface area contributed by atoms with Crippen molar-refractivity contribution < 1.29 is 9.66 Å². The lowest BCUT2D eigenvalue weighted by molar-refractivity contribution is -0.384. The lowest BCUT2D eigenvalue weighted by Crippen LogP contribution is -2.08. The molecule has 110 valence electrons. The molecular weight excluding hydrogens is 270 g/mol. The molecule has 2 aromatic carbocycles. The molecule has 0 aliphatic carbocycles. The fourth-order valence-corrected chi connectivity index (χ4v) is 1.95. The monoisotopic (exact) mass is 287 g/mol. The summed E-state index contributed by atoms with van der Waals surface area (Å²) < 4.78 is 5.70. The van der Waals surface area contributed by atoms with Crippen LogP contribution in [0.5, 0.6) is 11.5 Å². The Morgan fingerprint density at radius 2 is 1.90 bits per heavy atom. The summed E-state index contributed by atoms with van der Waals surface area (Å²) in [5.74, 6) is 0.764. The molecule has 0 heterocycles. The van der Waals surface area contributed by atoms with Crippen LogP contribution >= 0.6 is 0 Å². The van der Waals surface area contributed by atoms with E-state index >= 15 is 0 Å². The minimum Gasteiger partial charge on any atom is -0.450 e. The van der Waals surface area contributed by atoms with E-state index in [1.807, 2.05) is 37.2 Å². The summed E-state index contributed by atoms with van der Waals surface area (Å²) in [6.07, 6.45) is 0. The highest BCUT2D eigenvalue weighted by molar-refractivity contribution is 5.68. The van der Waals surface area contributed by atoms with Gasteiger partial charge in [0, 0.05) is 32.9 Å². The van der Waals surface area contributed by atoms with Crippen LogP contribution in [0.1, 0.15) is 0 Å². The van der Waals surface area contributed by atoms with Crippen molar-refractivity contribution in [3.63, 3.8) is 0 Å². The molecule has 0 unspecified atom stereocenters. The van der Waals surface area contributed by atoms with Crippen molar-refractivity contribution >= 4 is 17.1 Å². The van der Waals surface area contributed by atoms with E-state index in [9.17, 15) is 10.1 Å². The number of para-hydroxylation sites is 1. The maximum Gasteiger partial charge on any atom is 0.334 e. The van der Waals surface area contributed by atoms with Gasteiger partial charge in [-0.3, -0.25) is 10.1 Å². The molecule has 0 aliphatic rings. The number of nitrogens with zero attached hydrogens (tertiary/aromatic N) is 2. The molecule has 0 atom stereocenters. The molecule has 2 aromatic rings. The highest BCUT2D eigenvalue weighted by Gasteiger charge is 2.20. The van der Waals surface area contributed by atoms with Crippen LogP contribution in [0.4, 0.5) is 17.1 Å². The minimum atomic E-state index is -0.447. The molecule has 0 spiro atoms. The first-order valence-electron chi connectivity index (χ1n) is 6.43. The summed E-state index contributed by atoms with van der Waals surface area (Å²) in [5, 5.41) is 14.0. The van der Waals surface area contributed by atoms with Crippen molar-refractivity contribution in [2.75, 3.05) is 31.4 Å². The van der Waals surface area contributed by atoms with E-state index in [-0.39, 0.29) is 11.4 Å². The number of nitro benzene ring substituents is 1. The number of hydrogen-bond acceptors (Lipinski definition) is 5. The van der Waals surface area contributed by atoms with Crippen molar-refractivity contribution in [2.24, 2.45) is 0 Å². The lowest BCUT2D eigenvalue weighted by Gasteiger charge is -2.14. The van der Waals surface area contributed by atoms with Gasteiger partial charge in [0.2, 0.25) is 5.75 Å². The van der Waals surface area contributed by atoms with Crippen molar-refractivity contribution in [3.05, 3.63) is 52.6 Å². The Kier molecular flexibility index (Phi) is 4.27. The number of nitro groups is 1. The number of hydrogen-bond donors (Lipinski definition) is 1. The molecule has 0 amide bonds. The first-order valence-corrected chi connectivity index (χ1v) is 6.43. The third-order valence-corrected chi connectivity index (χ3v) is 3.01. The van der Waals surface area contributed by atoms with Gasteiger partial charge >= 0.3 is 5.69 Å². The van der Waals surface area contributed by atoms with Gasteiger partial charge in [-0.2, -0.15) is 0 Å². The number of anilines is 2. The van der Waals surface area contributed by atoms with Crippen molar-refractivity contribution in [1.82, 2.24) is 0 Å². The molecule has 0 aromatic heterocycles. The quantitative estimate of drug-likeness (QED) is 0.673. The second kappa shape index (κ2) is 6.13. The van der Waals surface area contributed by atoms with Gasteiger partial charge in [0.15, 0.2) is 0 Å². The molecular formula is C15H17N3O3. The summed E-state index contributed by atoms with van der Waals surface area (Å²) in [6.45, 7) is 0. The second-order valence-electron chi connectivity index (χ2n) is 4.65. The summed E-state index contributed by atoms with van der Waals surface area (Å²) in [4.78, 5) is 12.7. The van der Waals surface area contributed by atoms with E-state index in [2.05, 4.69) is 5.32 Å². The Bertz CT molecular complexity index is 656. The lowest BCUT2D eigenvalue weighted by atomic mass is 10.2. The normalized spacial score (nSPS) is 10.0. The van der Waals surface area contributed by atoms with Gasteiger partial charge in [0.25, 0.3) is 0 Å². The van der Waals surface area contributed by atoms with Crippen molar-refractivity contribution in [1.29, 1.82) is 0 Å². The zero-order valence-corrected chi connectivity index (χ0v) is 12.2. The van der Waals surface area contributed by atoms with Gasteiger partial charge in [0.05, 0.1) is 4.92 Å². The molecule has 21 heavy (non-hydrogen) atoms. The first kappa shape index (κ1) is 14.6. The van der Waals surface area contributed by atoms with E-state index in [0.717, 1.165) is 5.69 Å². The third-order valence-electron chi connectivity index (χ3n) is 3.01. The number of benzene rings is 2. The molecule has 6 nitrogen and oxygen atoms in total. The smallest absolute Gasteiger partial charge is 0.334 e. The van der Waals surface area contributed by atoms with Gasteiger partial charge in [-0.1, -0.05) is 12.1 Å². The van der Waals surface area contributed by atoms with Crippen LogP contribution < -0.4 is 15.0 Å². The Balaban J connectivity index is 2.40. The topological polar surface area (TPSA) is 67.6 Å². The average Bonchev–Trinajstić information content (AvgIpc) is 2.46. The minimum absolute atomic E-state index is 0.0738.